The average molecular weight is 280 g/mol. The molecule has 2 amide bonds. The van der Waals surface area contributed by atoms with Gasteiger partial charge in [0.25, 0.3) is 0 Å². The summed E-state index contributed by atoms with van der Waals surface area (Å²) in [6.45, 7) is 4.63. The van der Waals surface area contributed by atoms with E-state index in [1.54, 1.807) is 0 Å². The normalized spacial score (nSPS) is 10.6. The number of hydrogen-bond donors (Lipinski definition) is 3. The maximum absolute atomic E-state index is 11.0. The molecule has 0 aliphatic rings. The third-order valence-electron chi connectivity index (χ3n) is 2.38. The van der Waals surface area contributed by atoms with Crippen molar-refractivity contribution in [3.8, 4) is 0 Å². The van der Waals surface area contributed by atoms with E-state index >= 15 is 0 Å². The van der Waals surface area contributed by atoms with Crippen molar-refractivity contribution in [2.24, 2.45) is 11.5 Å². The van der Waals surface area contributed by atoms with Crippen LogP contribution in [0, 0.1) is 6.92 Å². The Morgan fingerprint density at radius 1 is 1.25 bits per heavy atom. The van der Waals surface area contributed by atoms with Gasteiger partial charge < -0.3 is 16.8 Å². The summed E-state index contributed by atoms with van der Waals surface area (Å²) >= 11 is 0. The first-order chi connectivity index (χ1) is 9.40. The first-order valence-electron chi connectivity index (χ1n) is 6.28. The van der Waals surface area contributed by atoms with Crippen LogP contribution in [0.1, 0.15) is 18.4 Å². The van der Waals surface area contributed by atoms with Crippen LogP contribution >= 0.6 is 0 Å². The highest BCUT2D eigenvalue weighted by Crippen LogP contribution is 2.08. The number of anilines is 1. The molecule has 110 valence electrons. The highest BCUT2D eigenvalue weighted by molar-refractivity contribution is 5.79. The predicted octanol–water partition coefficient (Wildman–Crippen LogP) is -1.01. The molecule has 1 aromatic heterocycles. The molecular formula is C12H20N6O2. The fourth-order valence-electron chi connectivity index (χ4n) is 1.78. The maximum Gasteiger partial charge on any atom is 0.231 e. The lowest BCUT2D eigenvalue weighted by Gasteiger charge is -2.18. The lowest BCUT2D eigenvalue weighted by Crippen LogP contribution is -2.39. The summed E-state index contributed by atoms with van der Waals surface area (Å²) in [5.74, 6) is 0.133. The summed E-state index contributed by atoms with van der Waals surface area (Å²) in [7, 11) is 0. The van der Waals surface area contributed by atoms with Gasteiger partial charge >= 0.3 is 0 Å². The molecule has 0 aliphatic carbocycles. The molecule has 1 rings (SSSR count). The molecule has 1 aromatic rings. The molecule has 8 nitrogen and oxygen atoms in total. The number of rotatable bonds is 8. The van der Waals surface area contributed by atoms with E-state index in [0.717, 1.165) is 12.2 Å². The Labute approximate surface area is 117 Å². The summed E-state index contributed by atoms with van der Waals surface area (Å²) in [5, 5.41) is 3.09. The number of amides is 2. The van der Waals surface area contributed by atoms with Crippen molar-refractivity contribution >= 4 is 17.6 Å². The van der Waals surface area contributed by atoms with Gasteiger partial charge in [0, 0.05) is 18.3 Å². The summed E-state index contributed by atoms with van der Waals surface area (Å²) < 4.78 is 0. The summed E-state index contributed by atoms with van der Waals surface area (Å²) in [6.07, 6.45) is 0. The Balaban J connectivity index is 2.85. The fourth-order valence-corrected chi connectivity index (χ4v) is 1.78. The topological polar surface area (TPSA) is 127 Å². The molecule has 5 N–H and O–H groups in total. The fraction of sp³-hybridized carbons (Fsp3) is 0.500. The van der Waals surface area contributed by atoms with Crippen LogP contribution in [0.2, 0.25) is 0 Å². The van der Waals surface area contributed by atoms with Crippen LogP contribution in [0.15, 0.2) is 6.07 Å². The smallest absolute Gasteiger partial charge is 0.231 e. The Kier molecular flexibility index (Phi) is 5.85. The largest absolute Gasteiger partial charge is 0.370 e. The Bertz CT molecular complexity index is 475. The van der Waals surface area contributed by atoms with Gasteiger partial charge in [0.2, 0.25) is 11.8 Å². The molecule has 0 fully saturated rings. The second-order valence-corrected chi connectivity index (χ2v) is 4.42. The Hall–Kier alpha value is -2.22. The van der Waals surface area contributed by atoms with E-state index in [4.69, 9.17) is 11.5 Å². The van der Waals surface area contributed by atoms with E-state index in [0.29, 0.717) is 11.6 Å². The standard InChI is InChI=1S/C12H20N6O2/c1-3-15-11-4-8(2)16-12(17-11)7-18(5-9(13)19)6-10(14)20/h4H,3,5-7H2,1-2H3,(H2,13,19)(H2,14,20)(H,15,16,17). The zero-order valence-electron chi connectivity index (χ0n) is 11.7. The number of carbonyl (C=O) groups is 2. The van der Waals surface area contributed by atoms with Gasteiger partial charge in [-0.25, -0.2) is 9.97 Å². The van der Waals surface area contributed by atoms with Crippen molar-refractivity contribution in [1.29, 1.82) is 0 Å². The van der Waals surface area contributed by atoms with Gasteiger partial charge in [-0.15, -0.1) is 0 Å². The first kappa shape index (κ1) is 15.8. The highest BCUT2D eigenvalue weighted by Gasteiger charge is 2.14. The summed E-state index contributed by atoms with van der Waals surface area (Å²) in [5.41, 5.74) is 11.1. The van der Waals surface area contributed by atoms with Crippen molar-refractivity contribution < 1.29 is 9.59 Å². The van der Waals surface area contributed by atoms with E-state index in [1.807, 2.05) is 19.9 Å². The SMILES string of the molecule is CCNc1cc(C)nc(CN(CC(N)=O)CC(N)=O)n1. The first-order valence-corrected chi connectivity index (χ1v) is 6.28. The van der Waals surface area contributed by atoms with Crippen LogP contribution in [0.5, 0.6) is 0 Å². The molecule has 0 aliphatic heterocycles. The van der Waals surface area contributed by atoms with Gasteiger partial charge in [-0.1, -0.05) is 0 Å². The number of hydrogen-bond acceptors (Lipinski definition) is 6. The third kappa shape index (κ3) is 5.61. The molecule has 0 aromatic carbocycles. The number of carbonyl (C=O) groups excluding carboxylic acids is 2. The summed E-state index contributed by atoms with van der Waals surface area (Å²) in [4.78, 5) is 32.1. The molecule has 8 heteroatoms. The van der Waals surface area contributed by atoms with E-state index < -0.39 is 11.8 Å². The van der Waals surface area contributed by atoms with Crippen molar-refractivity contribution in [1.82, 2.24) is 14.9 Å². The minimum absolute atomic E-state index is 0.0726. The van der Waals surface area contributed by atoms with Gasteiger partial charge in [0.05, 0.1) is 19.6 Å². The van der Waals surface area contributed by atoms with Gasteiger partial charge in [-0.2, -0.15) is 0 Å². The number of aryl methyl sites for hydroxylation is 1. The minimum atomic E-state index is -0.536. The van der Waals surface area contributed by atoms with Gasteiger partial charge in [-0.05, 0) is 13.8 Å². The molecule has 0 saturated carbocycles. The van der Waals surface area contributed by atoms with Crippen molar-refractivity contribution in [2.45, 2.75) is 20.4 Å². The zero-order chi connectivity index (χ0) is 15.1. The average Bonchev–Trinajstić information content (AvgIpc) is 2.26. The Morgan fingerprint density at radius 3 is 2.35 bits per heavy atom. The van der Waals surface area contributed by atoms with Crippen LogP contribution in [0.25, 0.3) is 0 Å². The second-order valence-electron chi connectivity index (χ2n) is 4.42. The minimum Gasteiger partial charge on any atom is -0.370 e. The number of nitrogens with two attached hydrogens (primary N) is 2. The van der Waals surface area contributed by atoms with Crippen molar-refractivity contribution in [3.63, 3.8) is 0 Å². The maximum atomic E-state index is 11.0. The molecule has 0 spiro atoms. The van der Waals surface area contributed by atoms with Crippen LogP contribution in [-0.4, -0.2) is 46.3 Å². The quantitative estimate of drug-likeness (QED) is 0.560. The van der Waals surface area contributed by atoms with Gasteiger partial charge in [-0.3, -0.25) is 14.5 Å². The van der Waals surface area contributed by atoms with E-state index in [-0.39, 0.29) is 19.6 Å². The lowest BCUT2D eigenvalue weighted by atomic mass is 10.3. The van der Waals surface area contributed by atoms with Crippen LogP contribution in [0.3, 0.4) is 0 Å². The highest BCUT2D eigenvalue weighted by atomic mass is 16.2. The van der Waals surface area contributed by atoms with E-state index in [1.165, 1.54) is 4.90 Å². The van der Waals surface area contributed by atoms with Crippen molar-refractivity contribution in [2.75, 3.05) is 25.0 Å². The molecule has 20 heavy (non-hydrogen) atoms. The molecule has 0 saturated heterocycles. The lowest BCUT2D eigenvalue weighted by molar-refractivity contribution is -0.122. The number of primary amides is 2. The molecule has 0 radical (unpaired) electrons. The number of nitrogens with one attached hydrogen (secondary N) is 1. The predicted molar refractivity (Wildman–Crippen MR) is 74.6 cm³/mol. The van der Waals surface area contributed by atoms with E-state index in [9.17, 15) is 9.59 Å². The Morgan fingerprint density at radius 2 is 1.85 bits per heavy atom. The number of nitrogens with zero attached hydrogens (tertiary/aromatic N) is 3. The van der Waals surface area contributed by atoms with E-state index in [2.05, 4.69) is 15.3 Å². The van der Waals surface area contributed by atoms with Crippen molar-refractivity contribution in [3.05, 3.63) is 17.6 Å². The van der Waals surface area contributed by atoms with Crippen LogP contribution < -0.4 is 16.8 Å². The third-order valence-corrected chi connectivity index (χ3v) is 2.38. The van der Waals surface area contributed by atoms with Crippen LogP contribution in [-0.2, 0) is 16.1 Å². The second kappa shape index (κ2) is 7.39. The molecule has 0 atom stereocenters. The van der Waals surface area contributed by atoms with Crippen LogP contribution in [0.4, 0.5) is 5.82 Å². The number of aromatic nitrogens is 2. The van der Waals surface area contributed by atoms with Gasteiger partial charge in [0.15, 0.2) is 0 Å². The zero-order valence-corrected chi connectivity index (χ0v) is 11.7. The van der Waals surface area contributed by atoms with Gasteiger partial charge in [0.1, 0.15) is 11.6 Å². The molecule has 0 unspecified atom stereocenters. The molecular weight excluding hydrogens is 260 g/mol. The summed E-state index contributed by atoms with van der Waals surface area (Å²) in [6, 6.07) is 1.82. The molecule has 0 bridgehead atoms. The molecule has 1 heterocycles. The monoisotopic (exact) mass is 280 g/mol.